The minimum Gasteiger partial charge on any atom is -0.444 e. The third-order valence-corrected chi connectivity index (χ3v) is 5.56. The van der Waals surface area contributed by atoms with Crippen molar-refractivity contribution in [2.24, 2.45) is 5.92 Å². The van der Waals surface area contributed by atoms with Crippen LogP contribution in [0.4, 0.5) is 4.79 Å². The second kappa shape index (κ2) is 13.9. The number of hydrogen-bond donors (Lipinski definition) is 3. The summed E-state index contributed by atoms with van der Waals surface area (Å²) in [5.74, 6) is -0.991. The minimum atomic E-state index is -0.952. The SMILES string of the molecule is CCCC(C)NC(=O)C(c1ccccc1)N(CCO)C(=O)C(NC(=O)OC(C)(C)C)C(C)CC. The Morgan fingerprint density at radius 3 is 2.18 bits per heavy atom. The van der Waals surface area contributed by atoms with Gasteiger partial charge in [0.2, 0.25) is 11.8 Å². The molecule has 1 aromatic carbocycles. The normalized spacial score (nSPS) is 14.9. The highest BCUT2D eigenvalue weighted by Crippen LogP contribution is 2.24. The molecular formula is C26H43N3O5. The summed E-state index contributed by atoms with van der Waals surface area (Å²) < 4.78 is 5.38. The van der Waals surface area contributed by atoms with E-state index in [1.807, 2.05) is 33.8 Å². The van der Waals surface area contributed by atoms with E-state index in [0.717, 1.165) is 12.8 Å². The van der Waals surface area contributed by atoms with Gasteiger partial charge in [-0.3, -0.25) is 9.59 Å². The van der Waals surface area contributed by atoms with Crippen molar-refractivity contribution in [1.29, 1.82) is 0 Å². The van der Waals surface area contributed by atoms with Gasteiger partial charge in [-0.25, -0.2) is 4.79 Å². The first kappa shape index (κ1) is 29.4. The van der Waals surface area contributed by atoms with Gasteiger partial charge in [0.15, 0.2) is 0 Å². The number of hydrogen-bond acceptors (Lipinski definition) is 5. The van der Waals surface area contributed by atoms with Crippen molar-refractivity contribution >= 4 is 17.9 Å². The van der Waals surface area contributed by atoms with Crippen LogP contribution in [0.2, 0.25) is 0 Å². The molecule has 0 aromatic heterocycles. The summed E-state index contributed by atoms with van der Waals surface area (Å²) in [4.78, 5) is 41.1. The lowest BCUT2D eigenvalue weighted by atomic mass is 9.95. The zero-order valence-corrected chi connectivity index (χ0v) is 21.8. The van der Waals surface area contributed by atoms with Crippen molar-refractivity contribution in [1.82, 2.24) is 15.5 Å². The van der Waals surface area contributed by atoms with Gasteiger partial charge in [-0.1, -0.05) is 63.9 Å². The molecular weight excluding hydrogens is 434 g/mol. The molecule has 8 nitrogen and oxygen atoms in total. The van der Waals surface area contributed by atoms with Gasteiger partial charge in [-0.2, -0.15) is 0 Å². The number of carbonyl (C=O) groups excluding carboxylic acids is 3. The molecule has 0 saturated heterocycles. The first-order valence-electron chi connectivity index (χ1n) is 12.2. The number of carbonyl (C=O) groups is 3. The molecule has 0 bridgehead atoms. The van der Waals surface area contributed by atoms with Gasteiger partial charge < -0.3 is 25.4 Å². The fraction of sp³-hybridized carbons (Fsp3) is 0.654. The number of rotatable bonds is 12. The van der Waals surface area contributed by atoms with Crippen LogP contribution in [0.3, 0.4) is 0 Å². The summed E-state index contributed by atoms with van der Waals surface area (Å²) in [5, 5.41) is 15.5. The number of aliphatic hydroxyl groups is 1. The highest BCUT2D eigenvalue weighted by Gasteiger charge is 2.38. The lowest BCUT2D eigenvalue weighted by Crippen LogP contribution is -2.56. The summed E-state index contributed by atoms with van der Waals surface area (Å²) in [6.45, 7) is 12.6. The van der Waals surface area contributed by atoms with Gasteiger partial charge in [0.1, 0.15) is 17.7 Å². The lowest BCUT2D eigenvalue weighted by Gasteiger charge is -2.36. The number of benzene rings is 1. The van der Waals surface area contributed by atoms with Crippen LogP contribution in [0.25, 0.3) is 0 Å². The van der Waals surface area contributed by atoms with Crippen LogP contribution in [0.1, 0.15) is 79.3 Å². The molecule has 192 valence electrons. The van der Waals surface area contributed by atoms with E-state index < -0.39 is 29.7 Å². The Hall–Kier alpha value is -2.61. The number of alkyl carbamates (subject to hydrolysis) is 1. The maximum absolute atomic E-state index is 13.8. The maximum Gasteiger partial charge on any atom is 0.408 e. The Kier molecular flexibility index (Phi) is 12.1. The van der Waals surface area contributed by atoms with Crippen LogP contribution >= 0.6 is 0 Å². The Morgan fingerprint density at radius 1 is 1.06 bits per heavy atom. The van der Waals surface area contributed by atoms with Crippen LogP contribution in [-0.4, -0.2) is 58.8 Å². The summed E-state index contributed by atoms with van der Waals surface area (Å²) in [6.07, 6.45) is 1.63. The monoisotopic (exact) mass is 477 g/mol. The van der Waals surface area contributed by atoms with Crippen molar-refractivity contribution in [3.8, 4) is 0 Å². The summed E-state index contributed by atoms with van der Waals surface area (Å²) in [6, 6.07) is 7.07. The average molecular weight is 478 g/mol. The molecule has 34 heavy (non-hydrogen) atoms. The van der Waals surface area contributed by atoms with E-state index in [1.165, 1.54) is 4.90 Å². The van der Waals surface area contributed by atoms with Crippen molar-refractivity contribution in [2.75, 3.05) is 13.2 Å². The molecule has 0 radical (unpaired) electrons. The fourth-order valence-electron chi connectivity index (χ4n) is 3.71. The van der Waals surface area contributed by atoms with Gasteiger partial charge in [0.05, 0.1) is 6.61 Å². The van der Waals surface area contributed by atoms with Crippen LogP contribution in [0.15, 0.2) is 30.3 Å². The number of aliphatic hydroxyl groups excluding tert-OH is 1. The molecule has 1 rings (SSSR count). The molecule has 4 unspecified atom stereocenters. The Labute approximate surface area is 204 Å². The Morgan fingerprint density at radius 2 is 1.68 bits per heavy atom. The molecule has 4 atom stereocenters. The van der Waals surface area contributed by atoms with Crippen LogP contribution < -0.4 is 10.6 Å². The second-order valence-electron chi connectivity index (χ2n) is 9.78. The first-order chi connectivity index (χ1) is 15.9. The molecule has 8 heteroatoms. The third-order valence-electron chi connectivity index (χ3n) is 5.56. The van der Waals surface area contributed by atoms with E-state index in [0.29, 0.717) is 12.0 Å². The number of amides is 3. The molecule has 0 aliphatic heterocycles. The predicted molar refractivity (Wildman–Crippen MR) is 133 cm³/mol. The van der Waals surface area contributed by atoms with E-state index >= 15 is 0 Å². The van der Waals surface area contributed by atoms with Gasteiger partial charge in [-0.15, -0.1) is 0 Å². The number of ether oxygens (including phenoxy) is 1. The van der Waals surface area contributed by atoms with Crippen molar-refractivity contribution in [3.63, 3.8) is 0 Å². The topological polar surface area (TPSA) is 108 Å². The van der Waals surface area contributed by atoms with Gasteiger partial charge in [0.25, 0.3) is 0 Å². The van der Waals surface area contributed by atoms with E-state index in [4.69, 9.17) is 4.74 Å². The van der Waals surface area contributed by atoms with E-state index in [2.05, 4.69) is 10.6 Å². The largest absolute Gasteiger partial charge is 0.444 e. The standard InChI is InChI=1S/C26H43N3O5/c1-8-13-19(4)27-23(31)22(20-14-11-10-12-15-20)29(16-17-30)24(32)21(18(3)9-2)28-25(33)34-26(5,6)7/h10-12,14-15,18-19,21-22,30H,8-9,13,16-17H2,1-7H3,(H,27,31)(H,28,33). The van der Waals surface area contributed by atoms with E-state index in [-0.39, 0.29) is 31.0 Å². The predicted octanol–water partition coefficient (Wildman–Crippen LogP) is 3.79. The Balaban J connectivity index is 3.38. The molecule has 0 aliphatic carbocycles. The van der Waals surface area contributed by atoms with Crippen LogP contribution in [-0.2, 0) is 14.3 Å². The van der Waals surface area contributed by atoms with Crippen LogP contribution in [0.5, 0.6) is 0 Å². The second-order valence-corrected chi connectivity index (χ2v) is 9.78. The number of nitrogens with zero attached hydrogens (tertiary/aromatic N) is 1. The van der Waals surface area contributed by atoms with Crippen molar-refractivity contribution in [2.45, 2.75) is 91.5 Å². The fourth-order valence-corrected chi connectivity index (χ4v) is 3.71. The van der Waals surface area contributed by atoms with Gasteiger partial charge >= 0.3 is 6.09 Å². The lowest BCUT2D eigenvalue weighted by molar-refractivity contribution is -0.144. The number of nitrogens with one attached hydrogen (secondary N) is 2. The molecule has 0 aliphatic rings. The molecule has 3 amide bonds. The summed E-state index contributed by atoms with van der Waals surface area (Å²) >= 11 is 0. The average Bonchev–Trinajstić information content (AvgIpc) is 2.75. The zero-order chi connectivity index (χ0) is 25.9. The van der Waals surface area contributed by atoms with Crippen molar-refractivity contribution in [3.05, 3.63) is 35.9 Å². The smallest absolute Gasteiger partial charge is 0.408 e. The summed E-state index contributed by atoms with van der Waals surface area (Å²) in [7, 11) is 0. The zero-order valence-electron chi connectivity index (χ0n) is 21.8. The highest BCUT2D eigenvalue weighted by atomic mass is 16.6. The van der Waals surface area contributed by atoms with E-state index in [1.54, 1.807) is 45.0 Å². The Bertz CT molecular complexity index is 778. The van der Waals surface area contributed by atoms with Crippen molar-refractivity contribution < 1.29 is 24.2 Å². The van der Waals surface area contributed by atoms with Gasteiger partial charge in [0, 0.05) is 12.6 Å². The minimum absolute atomic E-state index is 0.0586. The molecule has 1 aromatic rings. The van der Waals surface area contributed by atoms with Gasteiger partial charge in [-0.05, 0) is 45.6 Å². The summed E-state index contributed by atoms with van der Waals surface area (Å²) in [5.41, 5.74) is -0.0922. The quantitative estimate of drug-likeness (QED) is 0.424. The molecule has 0 heterocycles. The van der Waals surface area contributed by atoms with Crippen LogP contribution in [0, 0.1) is 5.92 Å². The molecule has 0 fully saturated rings. The molecule has 3 N–H and O–H groups in total. The highest BCUT2D eigenvalue weighted by molar-refractivity contribution is 5.92. The van der Waals surface area contributed by atoms with E-state index in [9.17, 15) is 19.5 Å². The first-order valence-corrected chi connectivity index (χ1v) is 12.2. The molecule has 0 saturated carbocycles. The third kappa shape index (κ3) is 9.33. The molecule has 0 spiro atoms. The maximum atomic E-state index is 13.8.